The maximum absolute atomic E-state index is 5.29. The lowest BCUT2D eigenvalue weighted by Crippen LogP contribution is -2.58. The molecule has 0 amide bonds. The predicted molar refractivity (Wildman–Crippen MR) is 101 cm³/mol. The van der Waals surface area contributed by atoms with Crippen molar-refractivity contribution in [1.29, 1.82) is 0 Å². The van der Waals surface area contributed by atoms with Gasteiger partial charge in [-0.2, -0.15) is 0 Å². The topological polar surface area (TPSA) is 12.4 Å². The van der Waals surface area contributed by atoms with Gasteiger partial charge in [-0.15, -0.1) is 0 Å². The molecule has 5 unspecified atom stereocenters. The Hall–Kier alpha value is -0.330. The first-order chi connectivity index (χ1) is 10.9. The van der Waals surface area contributed by atoms with Crippen LogP contribution in [0.4, 0.5) is 0 Å². The number of fused-ring (bicyclic) bond motifs is 3. The largest absolute Gasteiger partial charge is 0.290 e. The number of aliphatic imine (C=N–C) groups is 1. The highest BCUT2D eigenvalue weighted by atomic mass is 15.0. The zero-order valence-corrected chi connectivity index (χ0v) is 16.3. The standard InChI is InChI=1S/C22H39N/c1-6-17(3)15-19-16-21(11-9-8-10-12-21)22(23-7-2)14-13-20(19,5)18(22)4/h7,17-19H,6,8-16H2,1-5H3. The summed E-state index contributed by atoms with van der Waals surface area (Å²) in [6, 6.07) is 0. The van der Waals surface area contributed by atoms with E-state index in [0.29, 0.717) is 10.8 Å². The summed E-state index contributed by atoms with van der Waals surface area (Å²) in [5, 5.41) is 0. The van der Waals surface area contributed by atoms with Crippen molar-refractivity contribution in [3.63, 3.8) is 0 Å². The van der Waals surface area contributed by atoms with E-state index in [9.17, 15) is 0 Å². The lowest BCUT2D eigenvalue weighted by atomic mass is 9.46. The molecule has 0 N–H and O–H groups in total. The van der Waals surface area contributed by atoms with E-state index >= 15 is 0 Å². The third kappa shape index (κ3) is 2.44. The monoisotopic (exact) mass is 317 g/mol. The van der Waals surface area contributed by atoms with Crippen LogP contribution in [-0.4, -0.2) is 11.8 Å². The van der Waals surface area contributed by atoms with Gasteiger partial charge in [0.1, 0.15) is 0 Å². The average molecular weight is 318 g/mol. The van der Waals surface area contributed by atoms with E-state index in [2.05, 4.69) is 40.8 Å². The van der Waals surface area contributed by atoms with Crippen LogP contribution in [0.3, 0.4) is 0 Å². The average Bonchev–Trinajstić information content (AvgIpc) is 2.77. The van der Waals surface area contributed by atoms with Crippen molar-refractivity contribution in [3.8, 4) is 0 Å². The molecular formula is C22H39N. The third-order valence-electron chi connectivity index (χ3n) is 8.79. The molecule has 3 aliphatic rings. The Morgan fingerprint density at radius 2 is 1.83 bits per heavy atom. The molecule has 3 fully saturated rings. The minimum Gasteiger partial charge on any atom is -0.290 e. The van der Waals surface area contributed by atoms with Crippen LogP contribution in [0.1, 0.15) is 98.8 Å². The molecule has 0 heterocycles. The summed E-state index contributed by atoms with van der Waals surface area (Å²) < 4.78 is 0. The molecule has 1 spiro atoms. The molecule has 3 rings (SSSR count). The summed E-state index contributed by atoms with van der Waals surface area (Å²) in [6.45, 7) is 12.2. The second-order valence-electron chi connectivity index (χ2n) is 9.53. The zero-order chi connectivity index (χ0) is 16.7. The summed E-state index contributed by atoms with van der Waals surface area (Å²) in [5.74, 6) is 2.56. The van der Waals surface area contributed by atoms with E-state index in [1.807, 2.05) is 0 Å². The Bertz CT molecular complexity index is 447. The van der Waals surface area contributed by atoms with Crippen LogP contribution in [-0.2, 0) is 0 Å². The van der Waals surface area contributed by atoms with Gasteiger partial charge >= 0.3 is 0 Å². The molecule has 5 atom stereocenters. The molecule has 2 bridgehead atoms. The normalized spacial score (nSPS) is 44.0. The Balaban J connectivity index is 2.00. The van der Waals surface area contributed by atoms with Gasteiger partial charge in [-0.25, -0.2) is 0 Å². The Morgan fingerprint density at radius 1 is 1.13 bits per heavy atom. The van der Waals surface area contributed by atoms with Crippen LogP contribution >= 0.6 is 0 Å². The maximum atomic E-state index is 5.29. The van der Waals surface area contributed by atoms with Gasteiger partial charge in [-0.05, 0) is 80.2 Å². The van der Waals surface area contributed by atoms with E-state index in [-0.39, 0.29) is 5.54 Å². The lowest BCUT2D eigenvalue weighted by molar-refractivity contribution is -0.0784. The van der Waals surface area contributed by atoms with Crippen molar-refractivity contribution in [2.75, 3.05) is 0 Å². The van der Waals surface area contributed by atoms with Crippen molar-refractivity contribution < 1.29 is 0 Å². The van der Waals surface area contributed by atoms with Crippen LogP contribution in [0.15, 0.2) is 4.99 Å². The van der Waals surface area contributed by atoms with E-state index < -0.39 is 0 Å². The maximum Gasteiger partial charge on any atom is 0.0691 e. The summed E-state index contributed by atoms with van der Waals surface area (Å²) in [4.78, 5) is 5.29. The van der Waals surface area contributed by atoms with Crippen LogP contribution in [0, 0.1) is 28.6 Å². The van der Waals surface area contributed by atoms with Gasteiger partial charge in [0.15, 0.2) is 0 Å². The number of nitrogens with zero attached hydrogens (tertiary/aromatic N) is 1. The quantitative estimate of drug-likeness (QED) is 0.514. The van der Waals surface area contributed by atoms with Crippen molar-refractivity contribution >= 4 is 6.21 Å². The SMILES string of the molecule is CC=NC12CCC(C)(C(CC(C)CC)CC13CCCCC3)C2C. The first-order valence-electron chi connectivity index (χ1n) is 10.4. The molecule has 0 aromatic carbocycles. The Kier molecular flexibility index (Phi) is 4.71. The smallest absolute Gasteiger partial charge is 0.0691 e. The second kappa shape index (κ2) is 6.19. The van der Waals surface area contributed by atoms with Gasteiger partial charge in [0.25, 0.3) is 0 Å². The van der Waals surface area contributed by atoms with Crippen LogP contribution in [0.5, 0.6) is 0 Å². The molecule has 3 aliphatic carbocycles. The van der Waals surface area contributed by atoms with Gasteiger partial charge in [0, 0.05) is 0 Å². The molecule has 0 aromatic rings. The van der Waals surface area contributed by atoms with Gasteiger partial charge < -0.3 is 0 Å². The molecule has 0 aliphatic heterocycles. The first-order valence-corrected chi connectivity index (χ1v) is 10.4. The minimum absolute atomic E-state index is 0.267. The van der Waals surface area contributed by atoms with Gasteiger partial charge in [0.2, 0.25) is 0 Å². The number of rotatable bonds is 4. The molecule has 0 saturated heterocycles. The Labute approximate surface area is 144 Å². The molecule has 1 heteroatoms. The summed E-state index contributed by atoms with van der Waals surface area (Å²) in [7, 11) is 0. The van der Waals surface area contributed by atoms with Crippen molar-refractivity contribution in [1.82, 2.24) is 0 Å². The molecule has 132 valence electrons. The van der Waals surface area contributed by atoms with E-state index in [1.165, 1.54) is 64.2 Å². The molecule has 0 aromatic heterocycles. The molecule has 1 nitrogen and oxygen atoms in total. The summed E-state index contributed by atoms with van der Waals surface area (Å²) in [6.07, 6.45) is 16.4. The van der Waals surface area contributed by atoms with Gasteiger partial charge in [-0.3, -0.25) is 4.99 Å². The summed E-state index contributed by atoms with van der Waals surface area (Å²) >= 11 is 0. The molecule has 23 heavy (non-hydrogen) atoms. The highest BCUT2D eigenvalue weighted by Crippen LogP contribution is 2.71. The van der Waals surface area contributed by atoms with E-state index in [1.54, 1.807) is 0 Å². The number of hydrogen-bond acceptors (Lipinski definition) is 1. The zero-order valence-electron chi connectivity index (χ0n) is 16.3. The minimum atomic E-state index is 0.267. The fraction of sp³-hybridized carbons (Fsp3) is 0.955. The van der Waals surface area contributed by atoms with Crippen molar-refractivity contribution in [2.24, 2.45) is 33.6 Å². The fourth-order valence-electron chi connectivity index (χ4n) is 7.02. The molecular weight excluding hydrogens is 278 g/mol. The summed E-state index contributed by atoms with van der Waals surface area (Å²) in [5.41, 5.74) is 1.31. The highest BCUT2D eigenvalue weighted by Gasteiger charge is 2.68. The number of hydrogen-bond donors (Lipinski definition) is 0. The fourth-order valence-corrected chi connectivity index (χ4v) is 7.02. The molecule has 0 radical (unpaired) electrons. The van der Waals surface area contributed by atoms with E-state index in [0.717, 1.165) is 17.8 Å². The highest BCUT2D eigenvalue weighted by molar-refractivity contribution is 5.55. The van der Waals surface area contributed by atoms with Crippen LogP contribution in [0.2, 0.25) is 0 Å². The first kappa shape index (κ1) is 17.5. The van der Waals surface area contributed by atoms with Crippen molar-refractivity contribution in [2.45, 2.75) is 104 Å². The van der Waals surface area contributed by atoms with Gasteiger partial charge in [-0.1, -0.05) is 53.4 Å². The van der Waals surface area contributed by atoms with Crippen molar-refractivity contribution in [3.05, 3.63) is 0 Å². The van der Waals surface area contributed by atoms with E-state index in [4.69, 9.17) is 4.99 Å². The van der Waals surface area contributed by atoms with Crippen LogP contribution in [0.25, 0.3) is 0 Å². The third-order valence-corrected chi connectivity index (χ3v) is 8.79. The molecule has 3 saturated carbocycles. The van der Waals surface area contributed by atoms with Gasteiger partial charge in [0.05, 0.1) is 5.54 Å². The Morgan fingerprint density at radius 3 is 2.43 bits per heavy atom. The second-order valence-corrected chi connectivity index (χ2v) is 9.53. The predicted octanol–water partition coefficient (Wildman–Crippen LogP) is 6.66. The lowest BCUT2D eigenvalue weighted by Gasteiger charge is -2.60. The van der Waals surface area contributed by atoms with Crippen LogP contribution < -0.4 is 0 Å².